The molecule has 1 amide bonds. The molecule has 0 aliphatic carbocycles. The second-order valence-electron chi connectivity index (χ2n) is 9.99. The molecule has 0 N–H and O–H groups in total. The quantitative estimate of drug-likeness (QED) is 0.203. The van der Waals surface area contributed by atoms with Crippen molar-refractivity contribution in [2.45, 2.75) is 18.7 Å². The third-order valence-electron chi connectivity index (χ3n) is 7.43. The molecule has 3 aromatic carbocycles. The lowest BCUT2D eigenvalue weighted by Crippen LogP contribution is -2.50. The van der Waals surface area contributed by atoms with E-state index in [4.69, 9.17) is 16.3 Å². The zero-order chi connectivity index (χ0) is 30.2. The van der Waals surface area contributed by atoms with Gasteiger partial charge in [0.15, 0.2) is 0 Å². The summed E-state index contributed by atoms with van der Waals surface area (Å²) in [5.74, 6) is 0.522. The van der Waals surface area contributed by atoms with Crippen LogP contribution in [0.1, 0.15) is 21.6 Å². The normalized spacial score (nSPS) is 14.1. The Kier molecular flexibility index (Phi) is 8.09. The van der Waals surface area contributed by atoms with Crippen molar-refractivity contribution in [3.8, 4) is 22.7 Å². The average molecular weight is 609 g/mol. The van der Waals surface area contributed by atoms with Crippen LogP contribution in [0, 0.1) is 24.0 Å². The Bertz CT molecular complexity index is 1760. The van der Waals surface area contributed by atoms with Gasteiger partial charge in [-0.2, -0.15) is 4.31 Å². The maximum atomic E-state index is 13.8. The first-order valence-electron chi connectivity index (χ1n) is 13.2. The van der Waals surface area contributed by atoms with Gasteiger partial charge in [0.25, 0.3) is 11.6 Å². The van der Waals surface area contributed by atoms with Crippen LogP contribution in [-0.4, -0.2) is 66.3 Å². The number of nitro benzene ring substituents is 1. The van der Waals surface area contributed by atoms with Gasteiger partial charge in [-0.25, -0.2) is 8.42 Å². The monoisotopic (exact) mass is 608 g/mol. The van der Waals surface area contributed by atoms with E-state index in [0.717, 1.165) is 40.0 Å². The Hall–Kier alpha value is -4.19. The highest BCUT2D eigenvalue weighted by molar-refractivity contribution is 7.89. The molecule has 218 valence electrons. The lowest BCUT2D eigenvalue weighted by atomic mass is 10.1. The van der Waals surface area contributed by atoms with E-state index in [0.29, 0.717) is 5.56 Å². The van der Waals surface area contributed by atoms with E-state index < -0.39 is 20.6 Å². The van der Waals surface area contributed by atoms with Crippen molar-refractivity contribution in [3.63, 3.8) is 0 Å². The number of benzene rings is 3. The molecular weight excluding hydrogens is 580 g/mol. The van der Waals surface area contributed by atoms with Crippen LogP contribution in [0.15, 0.2) is 77.7 Å². The molecule has 4 aromatic rings. The van der Waals surface area contributed by atoms with Crippen molar-refractivity contribution in [2.24, 2.45) is 0 Å². The van der Waals surface area contributed by atoms with Crippen LogP contribution in [0.5, 0.6) is 5.75 Å². The third kappa shape index (κ3) is 5.50. The molecule has 5 rings (SSSR count). The summed E-state index contributed by atoms with van der Waals surface area (Å²) in [4.78, 5) is 25.8. The summed E-state index contributed by atoms with van der Waals surface area (Å²) in [6.07, 6.45) is 0. The van der Waals surface area contributed by atoms with Gasteiger partial charge >= 0.3 is 0 Å². The van der Waals surface area contributed by atoms with Crippen molar-refractivity contribution < 1.29 is 22.9 Å². The molecule has 1 aliphatic rings. The number of piperazine rings is 1. The smallest absolute Gasteiger partial charge is 0.289 e. The van der Waals surface area contributed by atoms with Crippen molar-refractivity contribution >= 4 is 33.2 Å². The van der Waals surface area contributed by atoms with Gasteiger partial charge in [-0.3, -0.25) is 14.9 Å². The van der Waals surface area contributed by atoms with Crippen molar-refractivity contribution in [2.75, 3.05) is 33.3 Å². The molecule has 10 nitrogen and oxygen atoms in total. The lowest BCUT2D eigenvalue weighted by molar-refractivity contribution is -0.384. The van der Waals surface area contributed by atoms with Gasteiger partial charge in [-0.1, -0.05) is 29.3 Å². The molecule has 1 aliphatic heterocycles. The van der Waals surface area contributed by atoms with Crippen molar-refractivity contribution in [1.29, 1.82) is 0 Å². The zero-order valence-corrected chi connectivity index (χ0v) is 24.9. The van der Waals surface area contributed by atoms with Crippen LogP contribution in [-0.2, 0) is 10.0 Å². The summed E-state index contributed by atoms with van der Waals surface area (Å²) < 4.78 is 35.1. The largest absolute Gasteiger partial charge is 0.497 e. The summed E-state index contributed by atoms with van der Waals surface area (Å²) in [6, 6.07) is 21.0. The van der Waals surface area contributed by atoms with Gasteiger partial charge in [0.1, 0.15) is 10.8 Å². The Balaban J connectivity index is 1.42. The minimum atomic E-state index is -4.02. The highest BCUT2D eigenvalue weighted by atomic mass is 35.5. The summed E-state index contributed by atoms with van der Waals surface area (Å²) in [5, 5.41) is 11.1. The van der Waals surface area contributed by atoms with E-state index in [9.17, 15) is 23.3 Å². The van der Waals surface area contributed by atoms with Crippen LogP contribution in [0.25, 0.3) is 16.9 Å². The number of carbonyl (C=O) groups excluding carboxylic acids is 1. The number of hydrogen-bond acceptors (Lipinski definition) is 6. The second-order valence-corrected chi connectivity index (χ2v) is 12.3. The molecule has 42 heavy (non-hydrogen) atoms. The fourth-order valence-corrected chi connectivity index (χ4v) is 6.70. The molecule has 0 saturated carbocycles. The SMILES string of the molecule is COc1ccc(-c2cc(C(=O)N3CCN(S(=O)(=O)c4ccc(Cl)c([N+](=O)[O-])c4)CC3)c(C)n2-c2ccc(C)cc2)cc1. The van der Waals surface area contributed by atoms with Crippen LogP contribution < -0.4 is 4.74 Å². The Morgan fingerprint density at radius 1 is 0.929 bits per heavy atom. The Morgan fingerprint density at radius 3 is 2.17 bits per heavy atom. The fraction of sp³-hybridized carbons (Fsp3) is 0.233. The van der Waals surface area contributed by atoms with Crippen LogP contribution in [0.4, 0.5) is 5.69 Å². The van der Waals surface area contributed by atoms with Gasteiger partial charge in [0.05, 0.1) is 28.2 Å². The standard InChI is InChI=1S/C30H29ClN4O6S/c1-20-4-8-23(9-5-20)34-21(2)26(19-28(34)22-6-10-24(41-3)11-7-22)30(36)32-14-16-33(17-15-32)42(39,40)25-12-13-27(31)29(18-25)35(37)38/h4-13,18-19H,14-17H2,1-3H3. The minimum absolute atomic E-state index is 0.0492. The van der Waals surface area contributed by atoms with Gasteiger partial charge < -0.3 is 14.2 Å². The molecule has 0 unspecified atom stereocenters. The molecule has 0 spiro atoms. The number of nitro groups is 1. The molecule has 0 radical (unpaired) electrons. The van der Waals surface area contributed by atoms with E-state index in [1.807, 2.05) is 73.0 Å². The number of halogens is 1. The summed E-state index contributed by atoms with van der Waals surface area (Å²) in [6.45, 7) is 4.34. The molecule has 1 aromatic heterocycles. The Morgan fingerprint density at radius 2 is 1.57 bits per heavy atom. The third-order valence-corrected chi connectivity index (χ3v) is 9.65. The molecule has 1 fully saturated rings. The number of ether oxygens (including phenoxy) is 1. The highest BCUT2D eigenvalue weighted by Gasteiger charge is 2.33. The second kappa shape index (κ2) is 11.6. The fourth-order valence-electron chi connectivity index (χ4n) is 5.07. The minimum Gasteiger partial charge on any atom is -0.497 e. The van der Waals surface area contributed by atoms with E-state index >= 15 is 0 Å². The van der Waals surface area contributed by atoms with Gasteiger partial charge in [0.2, 0.25) is 10.0 Å². The first-order valence-corrected chi connectivity index (χ1v) is 15.0. The number of nitrogens with zero attached hydrogens (tertiary/aromatic N) is 4. The lowest BCUT2D eigenvalue weighted by Gasteiger charge is -2.34. The van der Waals surface area contributed by atoms with Crippen molar-refractivity contribution in [1.82, 2.24) is 13.8 Å². The van der Waals surface area contributed by atoms with E-state index in [1.165, 1.54) is 16.4 Å². The van der Waals surface area contributed by atoms with E-state index in [2.05, 4.69) is 0 Å². The molecule has 0 atom stereocenters. The maximum Gasteiger partial charge on any atom is 0.289 e. The van der Waals surface area contributed by atoms with Gasteiger partial charge in [-0.15, -0.1) is 0 Å². The van der Waals surface area contributed by atoms with Crippen LogP contribution >= 0.6 is 11.6 Å². The predicted molar refractivity (Wildman–Crippen MR) is 160 cm³/mol. The summed E-state index contributed by atoms with van der Waals surface area (Å²) in [5.41, 5.74) is 4.58. The number of hydrogen-bond donors (Lipinski definition) is 0. The first-order chi connectivity index (χ1) is 20.0. The van der Waals surface area contributed by atoms with E-state index in [1.54, 1.807) is 12.0 Å². The molecule has 0 bridgehead atoms. The number of sulfonamides is 1. The van der Waals surface area contributed by atoms with Gasteiger partial charge in [-0.05, 0) is 74.0 Å². The maximum absolute atomic E-state index is 13.8. The first kappa shape index (κ1) is 29.3. The Labute approximate surface area is 248 Å². The van der Waals surface area contributed by atoms with Crippen molar-refractivity contribution in [3.05, 3.63) is 105 Å². The van der Waals surface area contributed by atoms with E-state index in [-0.39, 0.29) is 42.0 Å². The zero-order valence-electron chi connectivity index (χ0n) is 23.3. The van der Waals surface area contributed by atoms with Gasteiger partial charge in [0, 0.05) is 43.6 Å². The number of amides is 1. The predicted octanol–water partition coefficient (Wildman–Crippen LogP) is 5.48. The number of rotatable bonds is 7. The highest BCUT2D eigenvalue weighted by Crippen LogP contribution is 2.33. The summed E-state index contributed by atoms with van der Waals surface area (Å²) in [7, 11) is -2.42. The summed E-state index contributed by atoms with van der Waals surface area (Å²) >= 11 is 5.86. The molecule has 1 saturated heterocycles. The van der Waals surface area contributed by atoms with Crippen LogP contribution in [0.2, 0.25) is 5.02 Å². The number of aromatic nitrogens is 1. The van der Waals surface area contributed by atoms with Crippen LogP contribution in [0.3, 0.4) is 0 Å². The average Bonchev–Trinajstić information content (AvgIpc) is 3.34. The molecule has 2 heterocycles. The topological polar surface area (TPSA) is 115 Å². The number of carbonyl (C=O) groups is 1. The molecular formula is C30H29ClN4O6S. The molecule has 12 heteroatoms. The number of aryl methyl sites for hydroxylation is 1. The number of methoxy groups -OCH3 is 1.